The lowest BCUT2D eigenvalue weighted by Gasteiger charge is -2.44. The van der Waals surface area contributed by atoms with Crippen molar-refractivity contribution in [3.8, 4) is 5.75 Å². The number of carbonyl (C=O) groups excluding carboxylic acids is 4. The number of imide groups is 2. The zero-order chi connectivity index (χ0) is 38.8. The Hall–Kier alpha value is -7.00. The van der Waals surface area contributed by atoms with Gasteiger partial charge in [-0.15, -0.1) is 0 Å². The van der Waals surface area contributed by atoms with Gasteiger partial charge in [0.1, 0.15) is 5.75 Å². The first-order valence-electron chi connectivity index (χ1n) is 19.4. The summed E-state index contributed by atoms with van der Waals surface area (Å²) in [4.78, 5) is 60.7. The lowest BCUT2D eigenvalue weighted by molar-refractivity contribution is -0.126. The van der Waals surface area contributed by atoms with Crippen LogP contribution in [0.5, 0.6) is 5.75 Å². The van der Waals surface area contributed by atoms with Crippen LogP contribution in [0.3, 0.4) is 0 Å². The molecule has 2 aliphatic carbocycles. The van der Waals surface area contributed by atoms with Crippen molar-refractivity contribution in [2.45, 2.75) is 18.8 Å². The number of phenolic OH excluding ortho intramolecular Hbond substituents is 1. The largest absolute Gasteiger partial charge is 0.507 e. The average molecular weight is 751 g/mol. The molecule has 3 fully saturated rings. The van der Waals surface area contributed by atoms with Crippen LogP contribution in [0, 0.1) is 29.6 Å². The van der Waals surface area contributed by atoms with Gasteiger partial charge in [0.2, 0.25) is 23.6 Å². The Bertz CT molecular complexity index is 2610. The van der Waals surface area contributed by atoms with E-state index in [2.05, 4.69) is 10.6 Å². The summed E-state index contributed by atoms with van der Waals surface area (Å²) in [6.07, 6.45) is 2.56. The number of benzene rings is 6. The molecule has 0 radical (unpaired) electrons. The zero-order valence-electron chi connectivity index (χ0n) is 30.8. The third kappa shape index (κ3) is 5.68. The van der Waals surface area contributed by atoms with Crippen LogP contribution in [0.1, 0.15) is 24.3 Å². The molecular weight excluding hydrogens is 713 g/mol. The number of fused-ring (bicyclic) bond motifs is 5. The van der Waals surface area contributed by atoms with Crippen LogP contribution in [0.25, 0.3) is 10.8 Å². The van der Waals surface area contributed by atoms with Crippen molar-refractivity contribution >= 4 is 68.5 Å². The predicted octanol–water partition coefficient (Wildman–Crippen LogP) is 9.08. The number of rotatable bonds is 7. The molecule has 4 aliphatic rings. The van der Waals surface area contributed by atoms with Crippen LogP contribution in [0.4, 0.5) is 34.1 Å². The summed E-state index contributed by atoms with van der Waals surface area (Å²) in [6, 6.07) is 45.2. The molecule has 2 saturated heterocycles. The Kier molecular flexibility index (Phi) is 8.25. The van der Waals surface area contributed by atoms with Crippen molar-refractivity contribution in [1.29, 1.82) is 0 Å². The molecule has 10 rings (SSSR count). The summed E-state index contributed by atoms with van der Waals surface area (Å²) >= 11 is 0. The van der Waals surface area contributed by atoms with Gasteiger partial charge < -0.3 is 15.7 Å². The SMILES string of the molecule is O=C1[C@H]2[C@H](CC=C3[C@H]2C[C@H]2C(=O)N(c4ccc(Nc5ccccc5)cc4)C(=O)[C@H]2[C@H]3c2ccc3ccccc3c2O)C(=O)N1c1ccc(Nc2ccccc2)cc1. The Morgan fingerprint density at radius 2 is 1.00 bits per heavy atom. The highest BCUT2D eigenvalue weighted by molar-refractivity contribution is 6.24. The standard InChI is InChI=1S/C48H38N4O5/c53-44-35-14-8-7-9-28(35)15-24-37(44)41-36-25-26-38-42(47(56)51(45(38)54)33-20-16-31(17-21-33)49-29-10-3-1-4-11-29)39(36)27-40-43(41)48(57)52(46(40)55)34-22-18-32(19-23-34)50-30-12-5-2-6-13-30/h1-25,38-43,49-50,53H,26-27H2/t38-,39+,40+,41+,42-,43+/m0/s1. The molecule has 0 unspecified atom stereocenters. The van der Waals surface area contributed by atoms with Crippen molar-refractivity contribution in [1.82, 2.24) is 0 Å². The number of hydrogen-bond acceptors (Lipinski definition) is 7. The van der Waals surface area contributed by atoms with Crippen molar-refractivity contribution < 1.29 is 24.3 Å². The molecule has 6 atom stereocenters. The van der Waals surface area contributed by atoms with E-state index in [9.17, 15) is 24.3 Å². The third-order valence-electron chi connectivity index (χ3n) is 12.3. The highest BCUT2D eigenvalue weighted by Gasteiger charge is 2.62. The summed E-state index contributed by atoms with van der Waals surface area (Å²) in [5, 5.41) is 20.1. The van der Waals surface area contributed by atoms with Gasteiger partial charge in [-0.1, -0.05) is 84.4 Å². The number of allylic oxidation sites excluding steroid dienone is 2. The van der Waals surface area contributed by atoms with Crippen molar-refractivity contribution in [3.05, 3.63) is 163 Å². The minimum absolute atomic E-state index is 0.0511. The molecule has 0 spiro atoms. The van der Waals surface area contributed by atoms with E-state index in [1.807, 2.05) is 127 Å². The Morgan fingerprint density at radius 1 is 0.491 bits per heavy atom. The molecular formula is C48H38N4O5. The van der Waals surface area contributed by atoms with Gasteiger partial charge in [-0.25, -0.2) is 0 Å². The Labute approximate surface area is 329 Å². The van der Waals surface area contributed by atoms with E-state index in [-0.39, 0.29) is 35.8 Å². The topological polar surface area (TPSA) is 119 Å². The summed E-state index contributed by atoms with van der Waals surface area (Å²) < 4.78 is 0. The van der Waals surface area contributed by atoms with Crippen LogP contribution in [-0.2, 0) is 19.2 Å². The lowest BCUT2D eigenvalue weighted by atomic mass is 9.57. The molecule has 9 nitrogen and oxygen atoms in total. The Morgan fingerprint density at radius 3 is 1.60 bits per heavy atom. The third-order valence-corrected chi connectivity index (χ3v) is 12.3. The van der Waals surface area contributed by atoms with E-state index in [1.165, 1.54) is 9.80 Å². The predicted molar refractivity (Wildman–Crippen MR) is 220 cm³/mol. The second-order valence-corrected chi connectivity index (χ2v) is 15.3. The van der Waals surface area contributed by atoms with Crippen molar-refractivity contribution in [2.75, 3.05) is 20.4 Å². The summed E-state index contributed by atoms with van der Waals surface area (Å²) in [5.41, 5.74) is 5.76. The van der Waals surface area contributed by atoms with E-state index < -0.39 is 35.5 Å². The monoisotopic (exact) mass is 750 g/mol. The number of amides is 4. The van der Waals surface area contributed by atoms with Gasteiger partial charge in [0.05, 0.1) is 35.0 Å². The number of phenols is 1. The maximum Gasteiger partial charge on any atom is 0.238 e. The zero-order valence-corrected chi connectivity index (χ0v) is 30.8. The smallest absolute Gasteiger partial charge is 0.238 e. The van der Waals surface area contributed by atoms with Gasteiger partial charge in [0.15, 0.2) is 0 Å². The second kappa shape index (κ2) is 13.6. The highest BCUT2D eigenvalue weighted by Crippen LogP contribution is 2.59. The van der Waals surface area contributed by atoms with Crippen LogP contribution >= 0.6 is 0 Å². The van der Waals surface area contributed by atoms with Crippen molar-refractivity contribution in [3.63, 3.8) is 0 Å². The molecule has 2 heterocycles. The fraction of sp³-hybridized carbons (Fsp3) is 0.167. The number of aromatic hydroxyl groups is 1. The first kappa shape index (κ1) is 34.5. The quantitative estimate of drug-likeness (QED) is 0.110. The number of para-hydroxylation sites is 2. The average Bonchev–Trinajstić information content (AvgIpc) is 3.65. The van der Waals surface area contributed by atoms with Gasteiger partial charge >= 0.3 is 0 Å². The van der Waals surface area contributed by atoms with Gasteiger partial charge in [-0.05, 0) is 96.9 Å². The molecule has 57 heavy (non-hydrogen) atoms. The Balaban J connectivity index is 1.01. The van der Waals surface area contributed by atoms with Gasteiger partial charge in [0.25, 0.3) is 0 Å². The molecule has 2 aliphatic heterocycles. The highest BCUT2D eigenvalue weighted by atomic mass is 16.3. The number of nitrogens with one attached hydrogen (secondary N) is 2. The van der Waals surface area contributed by atoms with Crippen LogP contribution in [-0.4, -0.2) is 28.7 Å². The molecule has 0 aromatic heterocycles. The van der Waals surface area contributed by atoms with E-state index in [4.69, 9.17) is 0 Å². The molecule has 3 N–H and O–H groups in total. The van der Waals surface area contributed by atoms with E-state index >= 15 is 0 Å². The summed E-state index contributed by atoms with van der Waals surface area (Å²) in [6.45, 7) is 0. The molecule has 9 heteroatoms. The maximum absolute atomic E-state index is 14.7. The molecule has 4 amide bonds. The molecule has 6 aromatic rings. The molecule has 1 saturated carbocycles. The minimum Gasteiger partial charge on any atom is -0.507 e. The van der Waals surface area contributed by atoms with Crippen LogP contribution < -0.4 is 20.4 Å². The lowest BCUT2D eigenvalue weighted by Crippen LogP contribution is -2.43. The van der Waals surface area contributed by atoms with Crippen LogP contribution in [0.15, 0.2) is 157 Å². The maximum atomic E-state index is 14.7. The van der Waals surface area contributed by atoms with E-state index in [0.29, 0.717) is 28.7 Å². The summed E-state index contributed by atoms with van der Waals surface area (Å²) in [5.74, 6) is -5.27. The normalized spacial score (nSPS) is 23.9. The molecule has 0 bridgehead atoms. The number of hydrogen-bond donors (Lipinski definition) is 3. The first-order valence-corrected chi connectivity index (χ1v) is 19.4. The number of nitrogens with zero attached hydrogens (tertiary/aromatic N) is 2. The van der Waals surface area contributed by atoms with Gasteiger partial charge in [-0.3, -0.25) is 29.0 Å². The first-order chi connectivity index (χ1) is 27.9. The fourth-order valence-corrected chi connectivity index (χ4v) is 9.73. The van der Waals surface area contributed by atoms with E-state index in [0.717, 1.165) is 33.7 Å². The number of carbonyl (C=O) groups is 4. The summed E-state index contributed by atoms with van der Waals surface area (Å²) in [7, 11) is 0. The second-order valence-electron chi connectivity index (χ2n) is 15.3. The van der Waals surface area contributed by atoms with E-state index in [1.54, 1.807) is 24.3 Å². The van der Waals surface area contributed by atoms with Crippen LogP contribution in [0.2, 0.25) is 0 Å². The number of anilines is 6. The molecule has 6 aromatic carbocycles. The van der Waals surface area contributed by atoms with Crippen molar-refractivity contribution in [2.24, 2.45) is 29.6 Å². The van der Waals surface area contributed by atoms with Gasteiger partial charge in [-0.2, -0.15) is 0 Å². The minimum atomic E-state index is -0.807. The molecule has 280 valence electrons. The van der Waals surface area contributed by atoms with Gasteiger partial charge in [0, 0.05) is 39.6 Å². The fourth-order valence-electron chi connectivity index (χ4n) is 9.73.